The predicted octanol–water partition coefficient (Wildman–Crippen LogP) is 4.01. The summed E-state index contributed by atoms with van der Waals surface area (Å²) >= 11 is 5.80. The smallest absolute Gasteiger partial charge is 0.308 e. The number of rotatable bonds is 6. The van der Waals surface area contributed by atoms with Crippen LogP contribution in [-0.4, -0.2) is 31.8 Å². The van der Waals surface area contributed by atoms with E-state index in [-0.39, 0.29) is 4.90 Å². The topological polar surface area (TPSA) is 78.5 Å². The summed E-state index contributed by atoms with van der Waals surface area (Å²) in [7, 11) is -3.58. The van der Waals surface area contributed by atoms with Gasteiger partial charge in [0.05, 0.1) is 4.90 Å². The Morgan fingerprint density at radius 3 is 2.20 bits per heavy atom. The molecular formula is C17H20ClN3O3S. The minimum absolute atomic E-state index is 0.139. The van der Waals surface area contributed by atoms with Gasteiger partial charge in [0.15, 0.2) is 0 Å². The first-order chi connectivity index (χ1) is 11.9. The normalized spacial score (nSPS) is 11.4. The van der Waals surface area contributed by atoms with Crippen molar-refractivity contribution in [3.05, 3.63) is 53.6 Å². The van der Waals surface area contributed by atoms with Gasteiger partial charge in [0, 0.05) is 29.5 Å². The van der Waals surface area contributed by atoms with E-state index in [9.17, 15) is 13.2 Å². The third-order valence-corrected chi connectivity index (χ3v) is 5.84. The average Bonchev–Trinajstić information content (AvgIpc) is 2.58. The van der Waals surface area contributed by atoms with Gasteiger partial charge in [-0.05, 0) is 42.5 Å². The Bertz CT molecular complexity index is 834. The molecule has 0 fully saturated rings. The van der Waals surface area contributed by atoms with Crippen molar-refractivity contribution in [3.8, 4) is 0 Å². The van der Waals surface area contributed by atoms with Crippen LogP contribution in [0, 0.1) is 0 Å². The minimum atomic E-state index is -3.58. The summed E-state index contributed by atoms with van der Waals surface area (Å²) in [5.74, 6) is 0. The summed E-state index contributed by atoms with van der Waals surface area (Å²) in [4.78, 5) is 12.2. The van der Waals surface area contributed by atoms with Crippen molar-refractivity contribution in [1.29, 1.82) is 0 Å². The Morgan fingerprint density at radius 2 is 1.60 bits per heavy atom. The Balaban J connectivity index is 2.13. The number of carbonyl (C=O) groups excluding carboxylic acids is 1. The van der Waals surface area contributed by atoms with Crippen molar-refractivity contribution in [2.24, 2.45) is 0 Å². The van der Waals surface area contributed by atoms with Crippen molar-refractivity contribution < 1.29 is 13.2 Å². The molecule has 0 spiro atoms. The summed E-state index contributed by atoms with van der Waals surface area (Å²) in [6.45, 7) is 4.33. The van der Waals surface area contributed by atoms with Crippen molar-refractivity contribution in [2.45, 2.75) is 18.7 Å². The summed E-state index contributed by atoms with van der Waals surface area (Å²) < 4.78 is 26.4. The van der Waals surface area contributed by atoms with Crippen molar-refractivity contribution in [3.63, 3.8) is 0 Å². The van der Waals surface area contributed by atoms with Crippen LogP contribution in [0.25, 0.3) is 0 Å². The zero-order valence-corrected chi connectivity index (χ0v) is 15.6. The van der Waals surface area contributed by atoms with Gasteiger partial charge in [-0.25, -0.2) is 13.2 Å². The molecule has 0 aliphatic carbocycles. The predicted molar refractivity (Wildman–Crippen MR) is 101 cm³/mol. The second-order valence-corrected chi connectivity index (χ2v) is 7.58. The number of hydrogen-bond acceptors (Lipinski definition) is 3. The van der Waals surface area contributed by atoms with Gasteiger partial charge in [0.25, 0.3) is 0 Å². The van der Waals surface area contributed by atoms with Crippen LogP contribution in [0.1, 0.15) is 13.8 Å². The molecule has 2 amide bonds. The highest BCUT2D eigenvalue weighted by molar-refractivity contribution is 7.89. The maximum atomic E-state index is 12.5. The number of sulfonamides is 1. The summed E-state index contributed by atoms with van der Waals surface area (Å²) in [6, 6.07) is 12.4. The number of amides is 2. The SMILES string of the molecule is CCN(CC)S(=O)(=O)c1cccc(NC(=O)Nc2ccc(Cl)cc2)c1. The zero-order valence-electron chi connectivity index (χ0n) is 14.0. The quantitative estimate of drug-likeness (QED) is 0.793. The van der Waals surface area contributed by atoms with Crippen LogP contribution in [-0.2, 0) is 10.0 Å². The average molecular weight is 382 g/mol. The van der Waals surface area contributed by atoms with E-state index in [0.29, 0.717) is 29.5 Å². The van der Waals surface area contributed by atoms with Gasteiger partial charge in [0.2, 0.25) is 10.0 Å². The molecule has 0 aromatic heterocycles. The van der Waals surface area contributed by atoms with E-state index in [1.54, 1.807) is 50.2 Å². The van der Waals surface area contributed by atoms with Crippen molar-refractivity contribution in [1.82, 2.24) is 4.31 Å². The molecule has 0 unspecified atom stereocenters. The van der Waals surface area contributed by atoms with E-state index >= 15 is 0 Å². The molecule has 0 bridgehead atoms. The fraction of sp³-hybridized carbons (Fsp3) is 0.235. The second-order valence-electron chi connectivity index (χ2n) is 5.20. The van der Waals surface area contributed by atoms with Gasteiger partial charge in [-0.1, -0.05) is 31.5 Å². The minimum Gasteiger partial charge on any atom is -0.308 e. The molecule has 2 N–H and O–H groups in total. The molecule has 2 aromatic carbocycles. The molecule has 8 heteroatoms. The first kappa shape index (κ1) is 19.2. The number of hydrogen-bond donors (Lipinski definition) is 2. The van der Waals surface area contributed by atoms with E-state index in [1.165, 1.54) is 16.4 Å². The fourth-order valence-corrected chi connectivity index (χ4v) is 3.90. The maximum absolute atomic E-state index is 12.5. The molecular weight excluding hydrogens is 362 g/mol. The lowest BCUT2D eigenvalue weighted by atomic mass is 10.3. The third kappa shape index (κ3) is 4.94. The lowest BCUT2D eigenvalue weighted by Crippen LogP contribution is -2.30. The Labute approximate surface area is 152 Å². The fourth-order valence-electron chi connectivity index (χ4n) is 2.27. The Morgan fingerprint density at radius 1 is 1.00 bits per heavy atom. The van der Waals surface area contributed by atoms with Crippen LogP contribution >= 0.6 is 11.6 Å². The molecule has 2 rings (SSSR count). The number of halogens is 1. The molecule has 0 heterocycles. The molecule has 0 atom stereocenters. The highest BCUT2D eigenvalue weighted by atomic mass is 35.5. The number of anilines is 2. The standard InChI is InChI=1S/C17H20ClN3O3S/c1-3-21(4-2)25(23,24)16-7-5-6-15(12-16)20-17(22)19-14-10-8-13(18)9-11-14/h5-12H,3-4H2,1-2H3,(H2,19,20,22). The van der Waals surface area contributed by atoms with Gasteiger partial charge < -0.3 is 10.6 Å². The lowest BCUT2D eigenvalue weighted by molar-refractivity contribution is 0.262. The van der Waals surface area contributed by atoms with Crippen LogP contribution in [0.5, 0.6) is 0 Å². The number of nitrogens with one attached hydrogen (secondary N) is 2. The number of carbonyl (C=O) groups is 1. The van der Waals surface area contributed by atoms with Gasteiger partial charge in [-0.3, -0.25) is 0 Å². The van der Waals surface area contributed by atoms with Crippen molar-refractivity contribution in [2.75, 3.05) is 23.7 Å². The maximum Gasteiger partial charge on any atom is 0.323 e. The van der Waals surface area contributed by atoms with Crippen LogP contribution in [0.3, 0.4) is 0 Å². The third-order valence-electron chi connectivity index (χ3n) is 3.54. The van der Waals surface area contributed by atoms with Gasteiger partial charge in [-0.2, -0.15) is 4.31 Å². The highest BCUT2D eigenvalue weighted by Gasteiger charge is 2.21. The first-order valence-corrected chi connectivity index (χ1v) is 9.62. The molecule has 6 nitrogen and oxygen atoms in total. The molecule has 0 saturated heterocycles. The monoisotopic (exact) mass is 381 g/mol. The van der Waals surface area contributed by atoms with Gasteiger partial charge >= 0.3 is 6.03 Å². The first-order valence-electron chi connectivity index (χ1n) is 7.80. The van der Waals surface area contributed by atoms with E-state index in [1.807, 2.05) is 0 Å². The van der Waals surface area contributed by atoms with Crippen LogP contribution in [0.2, 0.25) is 5.02 Å². The molecule has 25 heavy (non-hydrogen) atoms. The summed E-state index contributed by atoms with van der Waals surface area (Å²) in [5, 5.41) is 5.85. The zero-order chi connectivity index (χ0) is 18.4. The van der Waals surface area contributed by atoms with Crippen LogP contribution in [0.4, 0.5) is 16.2 Å². The lowest BCUT2D eigenvalue weighted by Gasteiger charge is -2.18. The molecule has 0 aliphatic rings. The van der Waals surface area contributed by atoms with E-state index in [2.05, 4.69) is 10.6 Å². The number of benzene rings is 2. The molecule has 0 radical (unpaired) electrons. The van der Waals surface area contributed by atoms with Gasteiger partial charge in [0.1, 0.15) is 0 Å². The molecule has 134 valence electrons. The van der Waals surface area contributed by atoms with Crippen LogP contribution < -0.4 is 10.6 Å². The highest BCUT2D eigenvalue weighted by Crippen LogP contribution is 2.20. The second kappa shape index (κ2) is 8.33. The van der Waals surface area contributed by atoms with Crippen LogP contribution in [0.15, 0.2) is 53.4 Å². The van der Waals surface area contributed by atoms with Gasteiger partial charge in [-0.15, -0.1) is 0 Å². The molecule has 2 aromatic rings. The van der Waals surface area contributed by atoms with E-state index in [4.69, 9.17) is 11.6 Å². The summed E-state index contributed by atoms with van der Waals surface area (Å²) in [5.41, 5.74) is 0.966. The number of urea groups is 1. The summed E-state index contributed by atoms with van der Waals surface area (Å²) in [6.07, 6.45) is 0. The Kier molecular flexibility index (Phi) is 6.41. The molecule has 0 aliphatic heterocycles. The number of nitrogens with zero attached hydrogens (tertiary/aromatic N) is 1. The molecule has 0 saturated carbocycles. The van der Waals surface area contributed by atoms with E-state index < -0.39 is 16.1 Å². The van der Waals surface area contributed by atoms with Crippen molar-refractivity contribution >= 4 is 39.0 Å². The van der Waals surface area contributed by atoms with E-state index in [0.717, 1.165) is 0 Å². The largest absolute Gasteiger partial charge is 0.323 e. The Hall–Kier alpha value is -2.09.